The molecule has 0 atom stereocenters. The van der Waals surface area contributed by atoms with E-state index in [4.69, 9.17) is 24.8 Å². The number of thiocarbonyl (C=S) groups is 1. The highest BCUT2D eigenvalue weighted by atomic mass is 32.2. The van der Waals surface area contributed by atoms with Crippen molar-refractivity contribution in [2.75, 3.05) is 5.75 Å². The molecule has 0 spiro atoms. The molecular weight excluding hydrogens is 180 g/mol. The minimum absolute atomic E-state index is 0.663. The molecule has 0 aromatic heterocycles. The molecule has 59 valence electrons. The molecule has 0 rings (SSSR count). The molecule has 0 bridgehead atoms. The van der Waals surface area contributed by atoms with Gasteiger partial charge in [-0.1, -0.05) is 51.0 Å². The summed E-state index contributed by atoms with van der Waals surface area (Å²) in [5, 5.41) is 0. The normalized spacial score (nSPS) is 9.70. The topological polar surface area (TPSA) is 0 Å². The van der Waals surface area contributed by atoms with E-state index in [1.165, 1.54) is 25.7 Å². The SMILES string of the molecule is CCCCCCSC([S])=S. The van der Waals surface area contributed by atoms with Crippen LogP contribution < -0.4 is 0 Å². The highest BCUT2D eigenvalue weighted by Crippen LogP contribution is 2.11. The fourth-order valence-corrected chi connectivity index (χ4v) is 1.70. The summed E-state index contributed by atoms with van der Waals surface area (Å²) in [7, 11) is 0. The van der Waals surface area contributed by atoms with Crippen LogP contribution in [-0.2, 0) is 0 Å². The first-order chi connectivity index (χ1) is 4.77. The minimum atomic E-state index is 0.663. The van der Waals surface area contributed by atoms with E-state index in [9.17, 15) is 0 Å². The molecular formula is C7H13S3. The highest BCUT2D eigenvalue weighted by Gasteiger charge is 1.91. The Bertz CT molecular complexity index is 90.9. The van der Waals surface area contributed by atoms with Crippen molar-refractivity contribution in [1.29, 1.82) is 0 Å². The molecule has 0 saturated carbocycles. The summed E-state index contributed by atoms with van der Waals surface area (Å²) >= 11 is 11.1. The van der Waals surface area contributed by atoms with Crippen LogP contribution in [0.4, 0.5) is 0 Å². The van der Waals surface area contributed by atoms with Gasteiger partial charge in [-0.15, -0.1) is 11.8 Å². The third-order valence-corrected chi connectivity index (χ3v) is 2.65. The van der Waals surface area contributed by atoms with Gasteiger partial charge in [-0.25, -0.2) is 0 Å². The monoisotopic (exact) mass is 193 g/mol. The van der Waals surface area contributed by atoms with Crippen LogP contribution in [0.5, 0.6) is 0 Å². The van der Waals surface area contributed by atoms with Gasteiger partial charge in [0, 0.05) is 0 Å². The lowest BCUT2D eigenvalue weighted by Gasteiger charge is -1.96. The molecule has 3 heteroatoms. The van der Waals surface area contributed by atoms with Gasteiger partial charge in [-0.2, -0.15) is 0 Å². The van der Waals surface area contributed by atoms with Gasteiger partial charge in [0.25, 0.3) is 0 Å². The maximum absolute atomic E-state index is 4.75. The van der Waals surface area contributed by atoms with Crippen LogP contribution in [0.2, 0.25) is 0 Å². The Morgan fingerprint density at radius 2 is 2.00 bits per heavy atom. The van der Waals surface area contributed by atoms with Crippen LogP contribution in [-0.4, -0.2) is 9.28 Å². The van der Waals surface area contributed by atoms with Crippen molar-refractivity contribution in [3.8, 4) is 0 Å². The van der Waals surface area contributed by atoms with E-state index in [0.717, 1.165) is 5.75 Å². The third kappa shape index (κ3) is 8.66. The Balaban J connectivity index is 2.84. The zero-order chi connectivity index (χ0) is 7.82. The Morgan fingerprint density at radius 1 is 1.30 bits per heavy atom. The van der Waals surface area contributed by atoms with Crippen LogP contribution >= 0.6 is 36.6 Å². The summed E-state index contributed by atoms with van der Waals surface area (Å²) in [6.07, 6.45) is 5.21. The van der Waals surface area contributed by atoms with Crippen LogP contribution in [0, 0.1) is 0 Å². The minimum Gasteiger partial charge on any atom is -0.103 e. The fraction of sp³-hybridized carbons (Fsp3) is 0.857. The smallest absolute Gasteiger partial charge is 0.103 e. The molecule has 0 aliphatic carbocycles. The van der Waals surface area contributed by atoms with Gasteiger partial charge in [-0.3, -0.25) is 0 Å². The van der Waals surface area contributed by atoms with Crippen molar-refractivity contribution in [1.82, 2.24) is 0 Å². The maximum Gasteiger partial charge on any atom is 0.134 e. The van der Waals surface area contributed by atoms with Crippen molar-refractivity contribution < 1.29 is 0 Å². The third-order valence-electron chi connectivity index (χ3n) is 1.22. The lowest BCUT2D eigenvalue weighted by Crippen LogP contribution is -1.82. The van der Waals surface area contributed by atoms with Gasteiger partial charge in [0.05, 0.1) is 0 Å². The van der Waals surface area contributed by atoms with Crippen LogP contribution in [0.25, 0.3) is 0 Å². The first kappa shape index (κ1) is 10.7. The largest absolute Gasteiger partial charge is 0.134 e. The van der Waals surface area contributed by atoms with Crippen molar-refractivity contribution >= 4 is 40.1 Å². The fourth-order valence-electron chi connectivity index (χ4n) is 0.684. The van der Waals surface area contributed by atoms with Crippen molar-refractivity contribution in [3.05, 3.63) is 0 Å². The molecule has 10 heavy (non-hydrogen) atoms. The van der Waals surface area contributed by atoms with Gasteiger partial charge in [0.2, 0.25) is 0 Å². The molecule has 0 saturated heterocycles. The predicted octanol–water partition coefficient (Wildman–Crippen LogP) is 3.78. The van der Waals surface area contributed by atoms with Crippen LogP contribution in [0.3, 0.4) is 0 Å². The zero-order valence-corrected chi connectivity index (χ0v) is 8.71. The second kappa shape index (κ2) is 7.76. The van der Waals surface area contributed by atoms with E-state index in [1.54, 1.807) is 11.8 Å². The Morgan fingerprint density at radius 3 is 2.50 bits per heavy atom. The average molecular weight is 193 g/mol. The van der Waals surface area contributed by atoms with Crippen LogP contribution in [0.1, 0.15) is 32.6 Å². The van der Waals surface area contributed by atoms with Crippen molar-refractivity contribution in [2.24, 2.45) is 0 Å². The molecule has 0 fully saturated rings. The Labute approximate surface area is 78.6 Å². The van der Waals surface area contributed by atoms with E-state index < -0.39 is 0 Å². The summed E-state index contributed by atoms with van der Waals surface area (Å²) in [4.78, 5) is 0. The van der Waals surface area contributed by atoms with Gasteiger partial charge < -0.3 is 0 Å². The standard InChI is InChI=1S/C7H13S3/c1-2-3-4-5-6-10-7(8)9/h2-6H2,1H3. The molecule has 0 nitrogen and oxygen atoms in total. The number of hydrogen-bond donors (Lipinski definition) is 0. The zero-order valence-electron chi connectivity index (χ0n) is 6.26. The Hall–Kier alpha value is 0.660. The molecule has 0 amide bonds. The highest BCUT2D eigenvalue weighted by molar-refractivity contribution is 8.41. The number of rotatable bonds is 5. The van der Waals surface area contributed by atoms with Gasteiger partial charge >= 0.3 is 0 Å². The van der Waals surface area contributed by atoms with E-state index in [2.05, 4.69) is 6.92 Å². The first-order valence-corrected chi connectivity index (χ1v) is 5.41. The molecule has 0 aromatic rings. The summed E-state index contributed by atoms with van der Waals surface area (Å²) < 4.78 is 0.663. The maximum atomic E-state index is 4.75. The summed E-state index contributed by atoms with van der Waals surface area (Å²) in [5.74, 6) is 1.11. The Kier molecular flexibility index (Phi) is 8.28. The lowest BCUT2D eigenvalue weighted by atomic mass is 10.2. The predicted molar refractivity (Wildman–Crippen MR) is 56.8 cm³/mol. The van der Waals surface area contributed by atoms with E-state index in [-0.39, 0.29) is 0 Å². The summed E-state index contributed by atoms with van der Waals surface area (Å²) in [6, 6.07) is 0. The van der Waals surface area contributed by atoms with E-state index in [1.807, 2.05) is 0 Å². The molecule has 0 unspecified atom stereocenters. The second-order valence-electron chi connectivity index (χ2n) is 2.16. The lowest BCUT2D eigenvalue weighted by molar-refractivity contribution is 0.707. The number of thioether (sulfide) groups is 1. The summed E-state index contributed by atoms with van der Waals surface area (Å²) in [5.41, 5.74) is 0. The van der Waals surface area contributed by atoms with Crippen molar-refractivity contribution in [2.45, 2.75) is 32.6 Å². The van der Waals surface area contributed by atoms with Gasteiger partial charge in [-0.05, 0) is 12.2 Å². The molecule has 1 radical (unpaired) electrons. The summed E-state index contributed by atoms with van der Waals surface area (Å²) in [6.45, 7) is 2.21. The van der Waals surface area contributed by atoms with Gasteiger partial charge in [0.15, 0.2) is 0 Å². The van der Waals surface area contributed by atoms with E-state index >= 15 is 0 Å². The number of hydrogen-bond acceptors (Lipinski definition) is 2. The average Bonchev–Trinajstić information content (AvgIpc) is 1.87. The molecule has 0 heterocycles. The quantitative estimate of drug-likeness (QED) is 0.481. The molecule has 0 aromatic carbocycles. The van der Waals surface area contributed by atoms with E-state index in [0.29, 0.717) is 3.53 Å². The first-order valence-electron chi connectivity index (χ1n) is 3.61. The van der Waals surface area contributed by atoms with Gasteiger partial charge in [0.1, 0.15) is 3.53 Å². The number of unbranched alkanes of at least 4 members (excludes halogenated alkanes) is 3. The van der Waals surface area contributed by atoms with Crippen molar-refractivity contribution in [3.63, 3.8) is 0 Å². The second-order valence-corrected chi connectivity index (χ2v) is 4.86. The molecule has 0 aliphatic heterocycles. The molecule has 0 aliphatic rings. The van der Waals surface area contributed by atoms with Crippen LogP contribution in [0.15, 0.2) is 0 Å². The molecule has 0 N–H and O–H groups in total.